The van der Waals surface area contributed by atoms with Crippen molar-refractivity contribution in [2.75, 3.05) is 13.1 Å². The summed E-state index contributed by atoms with van der Waals surface area (Å²) in [5, 5.41) is 2.31. The molecule has 1 N–H and O–H groups in total. The molecule has 3 fully saturated rings. The highest BCUT2D eigenvalue weighted by Gasteiger charge is 2.42. The second kappa shape index (κ2) is 9.37. The molecule has 3 atom stereocenters. The fourth-order valence-electron chi connectivity index (χ4n) is 6.09. The van der Waals surface area contributed by atoms with Crippen molar-refractivity contribution in [1.82, 2.24) is 20.1 Å². The molecule has 11 heteroatoms. The van der Waals surface area contributed by atoms with Gasteiger partial charge in [-0.25, -0.2) is 0 Å². The molecule has 1 aliphatic carbocycles. The van der Waals surface area contributed by atoms with E-state index in [4.69, 9.17) is 4.74 Å². The Kier molecular flexibility index (Phi) is 6.13. The van der Waals surface area contributed by atoms with Gasteiger partial charge in [-0.15, -0.1) is 0 Å². The van der Waals surface area contributed by atoms with Crippen LogP contribution in [0.15, 0.2) is 36.7 Å². The molecule has 200 valence electrons. The lowest BCUT2D eigenvalue weighted by molar-refractivity contribution is -0.138. The highest BCUT2D eigenvalue weighted by Crippen LogP contribution is 2.38. The van der Waals surface area contributed by atoms with Gasteiger partial charge in [-0.05, 0) is 61.1 Å². The average Bonchev–Trinajstić information content (AvgIpc) is 3.42. The number of fused-ring (bicyclic) bond motifs is 1. The van der Waals surface area contributed by atoms with Crippen LogP contribution in [0.3, 0.4) is 0 Å². The van der Waals surface area contributed by atoms with Crippen LogP contribution in [0.25, 0.3) is 0 Å². The van der Waals surface area contributed by atoms with Crippen molar-refractivity contribution >= 4 is 17.7 Å². The highest BCUT2D eigenvalue weighted by atomic mass is 19.4. The standard InChI is InChI=1S/C27H27F3N4O4/c28-27(29,30)18-8-15(10-31-11-18)17-12-33(13-17)21-2-1-3-23(21)38-19-4-5-20-16(9-19)14-34(26(20)37)22-6-7-24(35)32-25(22)36/h4-5,8-11,17,21-23H,1-3,6-7,12-14H2,(H,32,35,36)/t21-,22?,23+/m0/s1. The Balaban J connectivity index is 1.09. The lowest BCUT2D eigenvalue weighted by Crippen LogP contribution is -2.54. The molecule has 4 aliphatic rings. The Morgan fingerprint density at radius 2 is 1.84 bits per heavy atom. The van der Waals surface area contributed by atoms with Crippen LogP contribution < -0.4 is 10.1 Å². The van der Waals surface area contributed by atoms with E-state index < -0.39 is 23.7 Å². The van der Waals surface area contributed by atoms with Crippen LogP contribution in [-0.2, 0) is 22.3 Å². The van der Waals surface area contributed by atoms with E-state index in [0.717, 1.165) is 31.0 Å². The number of alkyl halides is 3. The van der Waals surface area contributed by atoms with Gasteiger partial charge < -0.3 is 9.64 Å². The zero-order valence-corrected chi connectivity index (χ0v) is 20.5. The monoisotopic (exact) mass is 528 g/mol. The van der Waals surface area contributed by atoms with Crippen molar-refractivity contribution in [3.05, 3.63) is 58.9 Å². The molecule has 0 bridgehead atoms. The molecular formula is C27H27F3N4O4. The van der Waals surface area contributed by atoms with Gasteiger partial charge in [0.25, 0.3) is 5.91 Å². The summed E-state index contributed by atoms with van der Waals surface area (Å²) in [4.78, 5) is 44.3. The van der Waals surface area contributed by atoms with E-state index in [-0.39, 0.29) is 42.8 Å². The third-order valence-corrected chi connectivity index (χ3v) is 8.14. The maximum absolute atomic E-state index is 13.1. The minimum absolute atomic E-state index is 0.00956. The first-order chi connectivity index (χ1) is 18.2. The zero-order valence-electron chi connectivity index (χ0n) is 20.5. The molecule has 1 aromatic carbocycles. The number of imide groups is 1. The molecule has 8 nitrogen and oxygen atoms in total. The number of carbonyl (C=O) groups excluding carboxylic acids is 3. The number of amides is 3. The van der Waals surface area contributed by atoms with Crippen LogP contribution in [0.5, 0.6) is 5.75 Å². The van der Waals surface area contributed by atoms with E-state index in [1.807, 2.05) is 6.07 Å². The summed E-state index contributed by atoms with van der Waals surface area (Å²) in [5.41, 5.74) is 1.20. The van der Waals surface area contributed by atoms with Crippen LogP contribution >= 0.6 is 0 Å². The number of nitrogens with zero attached hydrogens (tertiary/aromatic N) is 3. The van der Waals surface area contributed by atoms with Crippen LogP contribution in [-0.4, -0.2) is 63.8 Å². The van der Waals surface area contributed by atoms with Crippen molar-refractivity contribution in [1.29, 1.82) is 0 Å². The van der Waals surface area contributed by atoms with Gasteiger partial charge in [0.15, 0.2) is 0 Å². The van der Waals surface area contributed by atoms with Crippen molar-refractivity contribution < 1.29 is 32.3 Å². The van der Waals surface area contributed by atoms with Crippen molar-refractivity contribution in [3.8, 4) is 5.75 Å². The third kappa shape index (κ3) is 4.53. The predicted molar refractivity (Wildman–Crippen MR) is 128 cm³/mol. The topological polar surface area (TPSA) is 91.8 Å². The van der Waals surface area contributed by atoms with Crippen LogP contribution in [0.2, 0.25) is 0 Å². The summed E-state index contributed by atoms with van der Waals surface area (Å²) in [6.07, 6.45) is 1.24. The Morgan fingerprint density at radius 1 is 1.03 bits per heavy atom. The molecule has 1 unspecified atom stereocenters. The Bertz CT molecular complexity index is 1290. The van der Waals surface area contributed by atoms with E-state index in [1.54, 1.807) is 12.1 Å². The molecule has 1 aromatic heterocycles. The molecule has 6 rings (SSSR count). The smallest absolute Gasteiger partial charge is 0.417 e. The maximum Gasteiger partial charge on any atom is 0.417 e. The van der Waals surface area contributed by atoms with Crippen LogP contribution in [0, 0.1) is 0 Å². The molecule has 2 aromatic rings. The van der Waals surface area contributed by atoms with E-state index in [1.165, 1.54) is 17.2 Å². The van der Waals surface area contributed by atoms with Gasteiger partial charge in [0.1, 0.15) is 17.9 Å². The summed E-state index contributed by atoms with van der Waals surface area (Å²) in [7, 11) is 0. The van der Waals surface area contributed by atoms with Crippen molar-refractivity contribution in [3.63, 3.8) is 0 Å². The van der Waals surface area contributed by atoms with E-state index >= 15 is 0 Å². The lowest BCUT2D eigenvalue weighted by Gasteiger charge is -2.45. The minimum Gasteiger partial charge on any atom is -0.489 e. The van der Waals surface area contributed by atoms with E-state index in [2.05, 4.69) is 15.2 Å². The SMILES string of the molecule is O=C1CCC(N2Cc3cc(O[C@@H]4CCC[C@@H]4N4CC(c5cncc(C(F)(F)F)c5)C4)ccc3C2=O)C(=O)N1. The number of piperidine rings is 1. The Hall–Kier alpha value is -3.47. The Labute approximate surface area is 217 Å². The normalized spacial score (nSPS) is 26.3. The van der Waals surface area contributed by atoms with Gasteiger partial charge in [-0.3, -0.25) is 29.6 Å². The molecule has 0 radical (unpaired) electrons. The van der Waals surface area contributed by atoms with Gasteiger partial charge in [0.2, 0.25) is 11.8 Å². The lowest BCUT2D eigenvalue weighted by atomic mass is 9.89. The number of rotatable bonds is 5. The van der Waals surface area contributed by atoms with Gasteiger partial charge in [-0.2, -0.15) is 13.2 Å². The third-order valence-electron chi connectivity index (χ3n) is 8.14. The molecule has 2 saturated heterocycles. The van der Waals surface area contributed by atoms with E-state index in [0.29, 0.717) is 36.4 Å². The average molecular weight is 529 g/mol. The van der Waals surface area contributed by atoms with Gasteiger partial charge in [-0.1, -0.05) is 0 Å². The number of carbonyl (C=O) groups is 3. The maximum atomic E-state index is 13.1. The number of pyridine rings is 1. The van der Waals surface area contributed by atoms with Gasteiger partial charge in [0.05, 0.1) is 5.56 Å². The second-order valence-corrected chi connectivity index (χ2v) is 10.5. The number of benzene rings is 1. The highest BCUT2D eigenvalue weighted by molar-refractivity contribution is 6.05. The molecule has 3 aliphatic heterocycles. The van der Waals surface area contributed by atoms with E-state index in [9.17, 15) is 27.6 Å². The first-order valence-electron chi connectivity index (χ1n) is 12.9. The Morgan fingerprint density at radius 3 is 2.61 bits per heavy atom. The van der Waals surface area contributed by atoms with Crippen LogP contribution in [0.1, 0.15) is 65.1 Å². The molecule has 0 spiro atoms. The number of hydrogen-bond acceptors (Lipinski definition) is 6. The first kappa shape index (κ1) is 24.8. The fraction of sp³-hybridized carbons (Fsp3) is 0.481. The number of aromatic nitrogens is 1. The number of likely N-dealkylation sites (tertiary alicyclic amines) is 1. The molecule has 1 saturated carbocycles. The van der Waals surface area contributed by atoms with Crippen molar-refractivity contribution in [2.24, 2.45) is 0 Å². The number of ether oxygens (including phenoxy) is 1. The first-order valence-corrected chi connectivity index (χ1v) is 12.9. The summed E-state index contributed by atoms with van der Waals surface area (Å²) < 4.78 is 45.6. The summed E-state index contributed by atoms with van der Waals surface area (Å²) in [5.74, 6) is -0.331. The fourth-order valence-corrected chi connectivity index (χ4v) is 6.09. The molecular weight excluding hydrogens is 501 g/mol. The van der Waals surface area contributed by atoms with Crippen LogP contribution in [0.4, 0.5) is 13.2 Å². The number of hydrogen-bond donors (Lipinski definition) is 1. The molecule has 3 amide bonds. The summed E-state index contributed by atoms with van der Waals surface area (Å²) in [6.45, 7) is 1.60. The molecule has 4 heterocycles. The van der Waals surface area contributed by atoms with Gasteiger partial charge in [0, 0.05) is 56.0 Å². The minimum atomic E-state index is -4.41. The summed E-state index contributed by atoms with van der Waals surface area (Å²) >= 11 is 0. The summed E-state index contributed by atoms with van der Waals surface area (Å²) in [6, 6.07) is 6.04. The van der Waals surface area contributed by atoms with Crippen molar-refractivity contribution in [2.45, 2.75) is 68.9 Å². The number of nitrogens with one attached hydrogen (secondary N) is 1. The zero-order chi connectivity index (χ0) is 26.6. The predicted octanol–water partition coefficient (Wildman–Crippen LogP) is 3.26. The quantitative estimate of drug-likeness (QED) is 0.600. The van der Waals surface area contributed by atoms with Gasteiger partial charge >= 0.3 is 6.18 Å². The molecule has 38 heavy (non-hydrogen) atoms. The number of halogens is 3. The largest absolute Gasteiger partial charge is 0.489 e. The second-order valence-electron chi connectivity index (χ2n) is 10.5.